The lowest BCUT2D eigenvalue weighted by atomic mass is 10.1. The van der Waals surface area contributed by atoms with E-state index in [-0.39, 0.29) is 17.6 Å². The number of nitrogens with zero attached hydrogens (tertiary/aromatic N) is 1. The van der Waals surface area contributed by atoms with Crippen LogP contribution in [-0.2, 0) is 11.0 Å². The highest BCUT2D eigenvalue weighted by Crippen LogP contribution is 2.36. The third-order valence-corrected chi connectivity index (χ3v) is 5.54. The van der Waals surface area contributed by atoms with E-state index in [2.05, 4.69) is 10.6 Å². The van der Waals surface area contributed by atoms with Gasteiger partial charge in [0.1, 0.15) is 0 Å². The molecule has 0 aromatic heterocycles. The van der Waals surface area contributed by atoms with Crippen molar-refractivity contribution < 1.29 is 22.8 Å². The summed E-state index contributed by atoms with van der Waals surface area (Å²) in [6.45, 7) is 1.48. The van der Waals surface area contributed by atoms with Crippen molar-refractivity contribution in [2.45, 2.75) is 37.9 Å². The Hall–Kier alpha value is -3.29. The van der Waals surface area contributed by atoms with Crippen LogP contribution in [0.25, 0.3) is 6.08 Å². The Morgan fingerprint density at radius 1 is 1.00 bits per heavy atom. The molecule has 2 aromatic carbocycles. The summed E-state index contributed by atoms with van der Waals surface area (Å²) in [6.07, 6.45) is 2.27. The monoisotopic (exact) mass is 443 g/mol. The molecule has 2 aromatic rings. The fraction of sp³-hybridized carbons (Fsp3) is 0.333. The van der Waals surface area contributed by atoms with E-state index in [1.807, 2.05) is 4.90 Å². The molecule has 1 aliphatic heterocycles. The number of alkyl halides is 3. The van der Waals surface area contributed by atoms with Crippen LogP contribution in [0.15, 0.2) is 48.5 Å². The Morgan fingerprint density at radius 3 is 2.31 bits per heavy atom. The number of benzene rings is 2. The number of halogens is 3. The van der Waals surface area contributed by atoms with Gasteiger partial charge in [0.25, 0.3) is 5.91 Å². The lowest BCUT2D eigenvalue weighted by Gasteiger charge is -2.22. The third kappa shape index (κ3) is 5.49. The molecule has 0 unspecified atom stereocenters. The van der Waals surface area contributed by atoms with Crippen molar-refractivity contribution in [3.63, 3.8) is 0 Å². The van der Waals surface area contributed by atoms with Crippen molar-refractivity contribution in [3.8, 4) is 0 Å². The topological polar surface area (TPSA) is 61.4 Å². The summed E-state index contributed by atoms with van der Waals surface area (Å²) in [6, 6.07) is 10.5. The zero-order chi connectivity index (χ0) is 22.7. The molecular formula is C24H24F3N3O2. The van der Waals surface area contributed by atoms with E-state index < -0.39 is 17.6 Å². The van der Waals surface area contributed by atoms with Crippen LogP contribution in [0.2, 0.25) is 0 Å². The highest BCUT2D eigenvalue weighted by molar-refractivity contribution is 6.04. The first kappa shape index (κ1) is 21.9. The van der Waals surface area contributed by atoms with E-state index >= 15 is 0 Å². The van der Waals surface area contributed by atoms with Crippen LogP contribution < -0.4 is 15.5 Å². The molecule has 2 N–H and O–H groups in total. The normalized spacial score (nSPS) is 16.4. The van der Waals surface area contributed by atoms with Gasteiger partial charge < -0.3 is 15.5 Å². The van der Waals surface area contributed by atoms with Crippen LogP contribution in [0, 0.1) is 0 Å². The molecule has 2 aliphatic rings. The minimum Gasteiger partial charge on any atom is -0.370 e. The van der Waals surface area contributed by atoms with Crippen molar-refractivity contribution in [2.75, 3.05) is 23.3 Å². The molecule has 1 saturated heterocycles. The summed E-state index contributed by atoms with van der Waals surface area (Å²) in [5.41, 5.74) is 1.16. The van der Waals surface area contributed by atoms with Crippen molar-refractivity contribution in [1.82, 2.24) is 5.32 Å². The maximum Gasteiger partial charge on any atom is 0.416 e. The van der Waals surface area contributed by atoms with Gasteiger partial charge in [-0.25, -0.2) is 0 Å². The van der Waals surface area contributed by atoms with Gasteiger partial charge in [-0.1, -0.05) is 12.1 Å². The molecule has 1 aliphatic carbocycles. The molecule has 4 rings (SSSR count). The first-order chi connectivity index (χ1) is 15.3. The fourth-order valence-electron chi connectivity index (χ4n) is 3.63. The SMILES string of the molecule is O=C(/C=C/c1ccc(C(=O)NC2CC2)cc1)Nc1cc(C(F)(F)F)ccc1N1CCCC1. The van der Waals surface area contributed by atoms with Crippen LogP contribution >= 0.6 is 0 Å². The largest absolute Gasteiger partial charge is 0.416 e. The average Bonchev–Trinajstić information content (AvgIpc) is 3.40. The second kappa shape index (κ2) is 9.06. The van der Waals surface area contributed by atoms with E-state index in [1.165, 1.54) is 12.1 Å². The second-order valence-corrected chi connectivity index (χ2v) is 8.12. The Kier molecular flexibility index (Phi) is 6.21. The maximum atomic E-state index is 13.2. The highest BCUT2D eigenvalue weighted by Gasteiger charge is 2.32. The van der Waals surface area contributed by atoms with Gasteiger partial charge in [0.2, 0.25) is 5.91 Å². The summed E-state index contributed by atoms with van der Waals surface area (Å²) in [5, 5.41) is 5.50. The molecule has 168 valence electrons. The Labute approximate surface area is 184 Å². The minimum atomic E-state index is -4.49. The van der Waals surface area contributed by atoms with Crippen LogP contribution in [0.5, 0.6) is 0 Å². The number of rotatable bonds is 6. The van der Waals surface area contributed by atoms with Crippen molar-refractivity contribution in [2.24, 2.45) is 0 Å². The van der Waals surface area contributed by atoms with Gasteiger partial charge >= 0.3 is 6.18 Å². The van der Waals surface area contributed by atoms with E-state index in [9.17, 15) is 22.8 Å². The van der Waals surface area contributed by atoms with E-state index in [0.29, 0.717) is 16.8 Å². The number of hydrogen-bond donors (Lipinski definition) is 2. The number of hydrogen-bond acceptors (Lipinski definition) is 3. The van der Waals surface area contributed by atoms with Gasteiger partial charge in [0.05, 0.1) is 16.9 Å². The standard InChI is InChI=1S/C24H24F3N3O2/c25-24(26,27)18-8-11-21(30-13-1-2-14-30)20(15-18)29-22(31)12-5-16-3-6-17(7-4-16)23(32)28-19-9-10-19/h3-8,11-12,15,19H,1-2,9-10,13-14H2,(H,28,32)(H,29,31)/b12-5+. The predicted octanol–water partition coefficient (Wildman–Crippen LogP) is 4.85. The Morgan fingerprint density at radius 2 is 1.69 bits per heavy atom. The number of anilines is 2. The Bertz CT molecular complexity index is 1020. The van der Waals surface area contributed by atoms with E-state index in [4.69, 9.17) is 0 Å². The lowest BCUT2D eigenvalue weighted by molar-refractivity contribution is -0.137. The number of amides is 2. The van der Waals surface area contributed by atoms with Crippen LogP contribution in [0.3, 0.4) is 0 Å². The number of carbonyl (C=O) groups excluding carboxylic acids is 2. The van der Waals surface area contributed by atoms with Gasteiger partial charge in [-0.2, -0.15) is 13.2 Å². The molecule has 32 heavy (non-hydrogen) atoms. The molecule has 1 saturated carbocycles. The number of nitrogens with one attached hydrogen (secondary N) is 2. The zero-order valence-corrected chi connectivity index (χ0v) is 17.4. The first-order valence-electron chi connectivity index (χ1n) is 10.7. The molecule has 2 amide bonds. The summed E-state index contributed by atoms with van der Waals surface area (Å²) < 4.78 is 39.5. The van der Waals surface area contributed by atoms with Gasteiger partial charge in [-0.15, -0.1) is 0 Å². The molecule has 0 radical (unpaired) electrons. The smallest absolute Gasteiger partial charge is 0.370 e. The van der Waals surface area contributed by atoms with E-state index in [0.717, 1.165) is 50.9 Å². The molecule has 0 atom stereocenters. The molecule has 0 spiro atoms. The van der Waals surface area contributed by atoms with E-state index in [1.54, 1.807) is 30.3 Å². The summed E-state index contributed by atoms with van der Waals surface area (Å²) in [7, 11) is 0. The van der Waals surface area contributed by atoms with Crippen LogP contribution in [0.4, 0.5) is 24.5 Å². The average molecular weight is 443 g/mol. The molecule has 1 heterocycles. The molecule has 2 fully saturated rings. The van der Waals surface area contributed by atoms with Crippen molar-refractivity contribution >= 4 is 29.3 Å². The van der Waals surface area contributed by atoms with Gasteiger partial charge in [-0.3, -0.25) is 9.59 Å². The highest BCUT2D eigenvalue weighted by atomic mass is 19.4. The quantitative estimate of drug-likeness (QED) is 0.628. The fourth-order valence-corrected chi connectivity index (χ4v) is 3.63. The summed E-state index contributed by atoms with van der Waals surface area (Å²) in [5.74, 6) is -0.653. The van der Waals surface area contributed by atoms with Crippen LogP contribution in [0.1, 0.15) is 47.2 Å². The van der Waals surface area contributed by atoms with Gasteiger partial charge in [0, 0.05) is 30.8 Å². The minimum absolute atomic E-state index is 0.125. The molecular weight excluding hydrogens is 419 g/mol. The maximum absolute atomic E-state index is 13.2. The summed E-state index contributed by atoms with van der Waals surface area (Å²) in [4.78, 5) is 26.5. The molecule has 5 nitrogen and oxygen atoms in total. The summed E-state index contributed by atoms with van der Waals surface area (Å²) >= 11 is 0. The van der Waals surface area contributed by atoms with Crippen LogP contribution in [-0.4, -0.2) is 30.9 Å². The van der Waals surface area contributed by atoms with Gasteiger partial charge in [-0.05, 0) is 67.7 Å². The third-order valence-electron chi connectivity index (χ3n) is 5.54. The number of carbonyl (C=O) groups is 2. The zero-order valence-electron chi connectivity index (χ0n) is 17.4. The molecule has 0 bridgehead atoms. The predicted molar refractivity (Wildman–Crippen MR) is 117 cm³/mol. The Balaban J connectivity index is 1.45. The van der Waals surface area contributed by atoms with Gasteiger partial charge in [0.15, 0.2) is 0 Å². The van der Waals surface area contributed by atoms with Crippen molar-refractivity contribution in [1.29, 1.82) is 0 Å². The van der Waals surface area contributed by atoms with Crippen molar-refractivity contribution in [3.05, 3.63) is 65.2 Å². The lowest BCUT2D eigenvalue weighted by Crippen LogP contribution is -2.25. The second-order valence-electron chi connectivity index (χ2n) is 8.12. The first-order valence-corrected chi connectivity index (χ1v) is 10.7. The molecule has 8 heteroatoms.